The van der Waals surface area contributed by atoms with Crippen LogP contribution >= 0.6 is 0 Å². The fraction of sp³-hybridized carbons (Fsp3) is 0.923. The first-order valence-corrected chi connectivity index (χ1v) is 6.69. The minimum atomic E-state index is -0.383. The molecule has 0 unspecified atom stereocenters. The summed E-state index contributed by atoms with van der Waals surface area (Å²) in [4.78, 5) is 14.2. The van der Waals surface area contributed by atoms with Crippen molar-refractivity contribution in [1.82, 2.24) is 4.90 Å². The monoisotopic (exact) mass is 223 g/mol. The first kappa shape index (κ1) is 10.6. The van der Waals surface area contributed by atoms with Gasteiger partial charge in [0.05, 0.1) is 5.60 Å². The van der Waals surface area contributed by atoms with Crippen LogP contribution in [0.3, 0.4) is 0 Å². The van der Waals surface area contributed by atoms with Crippen LogP contribution in [-0.2, 0) is 9.53 Å². The highest BCUT2D eigenvalue weighted by Crippen LogP contribution is 2.50. The molecule has 3 heteroatoms. The van der Waals surface area contributed by atoms with Crippen LogP contribution in [-0.4, -0.2) is 35.1 Å². The van der Waals surface area contributed by atoms with E-state index < -0.39 is 0 Å². The largest absolute Gasteiger partial charge is 0.357 e. The second kappa shape index (κ2) is 3.46. The van der Waals surface area contributed by atoms with Crippen LogP contribution in [0.25, 0.3) is 0 Å². The summed E-state index contributed by atoms with van der Waals surface area (Å²) in [5.74, 6) is 0.256. The van der Waals surface area contributed by atoms with Gasteiger partial charge in [0.1, 0.15) is 5.60 Å². The predicted octanol–water partition coefficient (Wildman–Crippen LogP) is 2.10. The van der Waals surface area contributed by atoms with Crippen LogP contribution in [0.5, 0.6) is 0 Å². The van der Waals surface area contributed by atoms with Gasteiger partial charge in [-0.2, -0.15) is 0 Å². The van der Waals surface area contributed by atoms with E-state index in [1.54, 1.807) is 0 Å². The number of carbonyl (C=O) groups is 1. The zero-order valence-electron chi connectivity index (χ0n) is 10.1. The van der Waals surface area contributed by atoms with Crippen molar-refractivity contribution < 1.29 is 9.53 Å². The van der Waals surface area contributed by atoms with E-state index in [-0.39, 0.29) is 17.1 Å². The molecule has 0 bridgehead atoms. The SMILES string of the molecule is CCN1CC2(CCCCC2)OC2(CC2)C1=O. The van der Waals surface area contributed by atoms with Gasteiger partial charge in [-0.1, -0.05) is 19.3 Å². The standard InChI is InChI=1S/C13H21NO2/c1-2-14-10-12(6-4-3-5-7-12)16-13(8-9-13)11(14)15/h2-10H2,1H3. The molecule has 1 heterocycles. The van der Waals surface area contributed by atoms with E-state index in [9.17, 15) is 4.79 Å². The molecule has 0 aromatic carbocycles. The number of ether oxygens (including phenoxy) is 1. The molecule has 2 aliphatic carbocycles. The highest BCUT2D eigenvalue weighted by atomic mass is 16.5. The molecule has 3 aliphatic rings. The van der Waals surface area contributed by atoms with E-state index in [1.165, 1.54) is 19.3 Å². The highest BCUT2D eigenvalue weighted by Gasteiger charge is 2.61. The lowest BCUT2D eigenvalue weighted by atomic mass is 9.82. The number of amides is 1. The molecule has 0 aromatic rings. The lowest BCUT2D eigenvalue weighted by Gasteiger charge is -2.48. The summed E-state index contributed by atoms with van der Waals surface area (Å²) in [6, 6.07) is 0. The Morgan fingerprint density at radius 1 is 1.19 bits per heavy atom. The van der Waals surface area contributed by atoms with Gasteiger partial charge in [0.25, 0.3) is 5.91 Å². The predicted molar refractivity (Wildman–Crippen MR) is 61.1 cm³/mol. The van der Waals surface area contributed by atoms with Crippen molar-refractivity contribution in [3.8, 4) is 0 Å². The number of hydrogen-bond donors (Lipinski definition) is 0. The van der Waals surface area contributed by atoms with Crippen LogP contribution in [0.2, 0.25) is 0 Å². The molecule has 1 amide bonds. The molecule has 3 fully saturated rings. The van der Waals surface area contributed by atoms with Crippen LogP contribution in [0.15, 0.2) is 0 Å². The average Bonchev–Trinajstić information content (AvgIpc) is 3.06. The van der Waals surface area contributed by atoms with Crippen molar-refractivity contribution in [2.45, 2.75) is 63.1 Å². The van der Waals surface area contributed by atoms with Crippen molar-refractivity contribution in [3.05, 3.63) is 0 Å². The number of carbonyl (C=O) groups excluding carboxylic acids is 1. The van der Waals surface area contributed by atoms with Gasteiger partial charge in [-0.15, -0.1) is 0 Å². The van der Waals surface area contributed by atoms with Crippen molar-refractivity contribution in [1.29, 1.82) is 0 Å². The Hall–Kier alpha value is -0.570. The third-order valence-corrected chi connectivity index (χ3v) is 4.42. The summed E-state index contributed by atoms with van der Waals surface area (Å²) in [5.41, 5.74) is -0.371. The molecule has 3 nitrogen and oxygen atoms in total. The summed E-state index contributed by atoms with van der Waals surface area (Å²) < 4.78 is 6.27. The van der Waals surface area contributed by atoms with Gasteiger partial charge in [0.15, 0.2) is 0 Å². The van der Waals surface area contributed by atoms with E-state index >= 15 is 0 Å². The lowest BCUT2D eigenvalue weighted by molar-refractivity contribution is -0.197. The Kier molecular flexibility index (Phi) is 2.29. The molecule has 16 heavy (non-hydrogen) atoms. The summed E-state index contributed by atoms with van der Waals surface area (Å²) >= 11 is 0. The third-order valence-electron chi connectivity index (χ3n) is 4.42. The summed E-state index contributed by atoms with van der Waals surface area (Å²) in [6.45, 7) is 3.76. The second-order valence-corrected chi connectivity index (χ2v) is 5.66. The number of hydrogen-bond acceptors (Lipinski definition) is 2. The Labute approximate surface area is 97.1 Å². The molecule has 0 radical (unpaired) electrons. The van der Waals surface area contributed by atoms with Crippen LogP contribution < -0.4 is 0 Å². The van der Waals surface area contributed by atoms with Gasteiger partial charge in [-0.3, -0.25) is 4.79 Å². The van der Waals surface area contributed by atoms with Crippen molar-refractivity contribution >= 4 is 5.91 Å². The summed E-state index contributed by atoms with van der Waals surface area (Å²) in [6.07, 6.45) is 8.06. The van der Waals surface area contributed by atoms with E-state index in [1.807, 2.05) is 4.90 Å². The van der Waals surface area contributed by atoms with Gasteiger partial charge in [-0.25, -0.2) is 0 Å². The van der Waals surface area contributed by atoms with E-state index in [2.05, 4.69) is 6.92 Å². The molecule has 0 atom stereocenters. The topological polar surface area (TPSA) is 29.5 Å². The second-order valence-electron chi connectivity index (χ2n) is 5.66. The molecule has 90 valence electrons. The zero-order chi connectivity index (χ0) is 11.2. The minimum absolute atomic E-state index is 0.0126. The number of morpholine rings is 1. The molecule has 1 saturated heterocycles. The smallest absolute Gasteiger partial charge is 0.254 e. The van der Waals surface area contributed by atoms with Gasteiger partial charge in [0.2, 0.25) is 0 Å². The number of likely N-dealkylation sites (N-methyl/N-ethyl adjacent to an activating group) is 1. The first-order chi connectivity index (χ1) is 7.70. The van der Waals surface area contributed by atoms with Crippen molar-refractivity contribution in [3.63, 3.8) is 0 Å². The van der Waals surface area contributed by atoms with Gasteiger partial charge >= 0.3 is 0 Å². The fourth-order valence-electron chi connectivity index (χ4n) is 3.34. The molecule has 2 saturated carbocycles. The Balaban J connectivity index is 1.84. The first-order valence-electron chi connectivity index (χ1n) is 6.69. The number of rotatable bonds is 1. The van der Waals surface area contributed by atoms with Gasteiger partial charge in [0, 0.05) is 13.1 Å². The quantitative estimate of drug-likeness (QED) is 0.681. The maximum absolute atomic E-state index is 12.2. The molecule has 1 aliphatic heterocycles. The van der Waals surface area contributed by atoms with Crippen molar-refractivity contribution in [2.75, 3.05) is 13.1 Å². The zero-order valence-corrected chi connectivity index (χ0v) is 10.1. The molecule has 0 N–H and O–H groups in total. The number of nitrogens with zero attached hydrogens (tertiary/aromatic N) is 1. The third kappa shape index (κ3) is 1.48. The van der Waals surface area contributed by atoms with Crippen LogP contribution in [0.4, 0.5) is 0 Å². The fourth-order valence-corrected chi connectivity index (χ4v) is 3.34. The molecule has 3 rings (SSSR count). The van der Waals surface area contributed by atoms with Gasteiger partial charge in [-0.05, 0) is 32.6 Å². The minimum Gasteiger partial charge on any atom is -0.357 e. The van der Waals surface area contributed by atoms with Crippen LogP contribution in [0.1, 0.15) is 51.9 Å². The lowest BCUT2D eigenvalue weighted by Crippen LogP contribution is -2.60. The van der Waals surface area contributed by atoms with E-state index in [4.69, 9.17) is 4.74 Å². The van der Waals surface area contributed by atoms with E-state index in [0.29, 0.717) is 0 Å². The molecule has 2 spiro atoms. The molecular weight excluding hydrogens is 202 g/mol. The van der Waals surface area contributed by atoms with E-state index in [0.717, 1.165) is 38.8 Å². The maximum atomic E-state index is 12.2. The van der Waals surface area contributed by atoms with Gasteiger partial charge < -0.3 is 9.64 Å². The Morgan fingerprint density at radius 3 is 2.44 bits per heavy atom. The van der Waals surface area contributed by atoms with Crippen LogP contribution in [0, 0.1) is 0 Å². The molecular formula is C13H21NO2. The van der Waals surface area contributed by atoms with Crippen molar-refractivity contribution in [2.24, 2.45) is 0 Å². The maximum Gasteiger partial charge on any atom is 0.254 e. The normalized spacial score (nSPS) is 31.1. The summed E-state index contributed by atoms with van der Waals surface area (Å²) in [7, 11) is 0. The Morgan fingerprint density at radius 2 is 1.88 bits per heavy atom. The Bertz CT molecular complexity index is 303. The summed E-state index contributed by atoms with van der Waals surface area (Å²) in [5, 5.41) is 0. The molecule has 0 aromatic heterocycles. The average molecular weight is 223 g/mol. The highest BCUT2D eigenvalue weighted by molar-refractivity contribution is 5.89.